The topological polar surface area (TPSA) is 55.1 Å². The second kappa shape index (κ2) is 7.75. The quantitative estimate of drug-likeness (QED) is 0.815. The molecule has 3 nitrogen and oxygen atoms in total. The summed E-state index contributed by atoms with van der Waals surface area (Å²) in [6.45, 7) is 0.692. The molecule has 0 bridgehead atoms. The molecule has 2 rings (SSSR count). The van der Waals surface area contributed by atoms with E-state index >= 15 is 0 Å². The van der Waals surface area contributed by atoms with Crippen LogP contribution >= 0.6 is 11.8 Å². The molecule has 6 heteroatoms. The number of thioether (sulfide) groups is 1. The normalized spacial score (nSPS) is 22.3. The van der Waals surface area contributed by atoms with Crippen LogP contribution < -0.4 is 11.1 Å². The smallest absolute Gasteiger partial charge is 0.288 e. The van der Waals surface area contributed by atoms with Gasteiger partial charge in [-0.2, -0.15) is 8.78 Å². The molecule has 0 atom stereocenters. The van der Waals surface area contributed by atoms with Gasteiger partial charge in [-0.3, -0.25) is 4.79 Å². The molecule has 1 saturated carbocycles. The molecule has 0 unspecified atom stereocenters. The molecular formula is C15H20F2N2OS. The lowest BCUT2D eigenvalue weighted by molar-refractivity contribution is -0.121. The minimum atomic E-state index is -2.43. The van der Waals surface area contributed by atoms with Gasteiger partial charge in [-0.05, 0) is 62.4 Å². The largest absolute Gasteiger partial charge is 0.330 e. The Bertz CT molecular complexity index is 459. The molecule has 0 heterocycles. The maximum atomic E-state index is 12.2. The van der Waals surface area contributed by atoms with Gasteiger partial charge in [0, 0.05) is 16.5 Å². The number of amides is 1. The van der Waals surface area contributed by atoms with Crippen LogP contribution in [0, 0.1) is 11.8 Å². The van der Waals surface area contributed by atoms with Gasteiger partial charge in [0.15, 0.2) is 0 Å². The maximum absolute atomic E-state index is 12.2. The van der Waals surface area contributed by atoms with Gasteiger partial charge in [0.1, 0.15) is 0 Å². The van der Waals surface area contributed by atoms with Gasteiger partial charge in [-0.25, -0.2) is 0 Å². The van der Waals surface area contributed by atoms with Gasteiger partial charge in [0.2, 0.25) is 5.91 Å². The summed E-state index contributed by atoms with van der Waals surface area (Å²) < 4.78 is 24.4. The molecule has 0 radical (unpaired) electrons. The Hall–Kier alpha value is -1.14. The van der Waals surface area contributed by atoms with Crippen molar-refractivity contribution in [1.29, 1.82) is 0 Å². The summed E-state index contributed by atoms with van der Waals surface area (Å²) in [6, 6.07) is 6.51. The zero-order valence-corrected chi connectivity index (χ0v) is 12.5. The lowest BCUT2D eigenvalue weighted by Gasteiger charge is -2.26. The molecule has 0 saturated heterocycles. The number of hydrogen-bond donors (Lipinski definition) is 2. The fraction of sp³-hybridized carbons (Fsp3) is 0.533. The highest BCUT2D eigenvalue weighted by Gasteiger charge is 2.25. The molecule has 21 heavy (non-hydrogen) atoms. The Kier molecular flexibility index (Phi) is 5.99. The van der Waals surface area contributed by atoms with Crippen LogP contribution in [0.5, 0.6) is 0 Å². The van der Waals surface area contributed by atoms with Crippen molar-refractivity contribution < 1.29 is 13.6 Å². The highest BCUT2D eigenvalue weighted by molar-refractivity contribution is 7.99. The summed E-state index contributed by atoms with van der Waals surface area (Å²) >= 11 is 0.499. The molecule has 1 fully saturated rings. The molecule has 1 aliphatic carbocycles. The number of hydrogen-bond acceptors (Lipinski definition) is 3. The molecule has 0 aliphatic heterocycles. The molecule has 116 valence electrons. The third-order valence-electron chi connectivity index (χ3n) is 3.90. The Morgan fingerprint density at radius 2 is 1.86 bits per heavy atom. The average Bonchev–Trinajstić information content (AvgIpc) is 2.49. The van der Waals surface area contributed by atoms with E-state index in [0.29, 0.717) is 34.8 Å². The Morgan fingerprint density at radius 1 is 1.24 bits per heavy atom. The highest BCUT2D eigenvalue weighted by atomic mass is 32.2. The number of anilines is 1. The molecule has 1 aromatic carbocycles. The van der Waals surface area contributed by atoms with Gasteiger partial charge in [0.25, 0.3) is 5.76 Å². The third kappa shape index (κ3) is 4.97. The highest BCUT2D eigenvalue weighted by Crippen LogP contribution is 2.30. The van der Waals surface area contributed by atoms with Crippen molar-refractivity contribution >= 4 is 23.4 Å². The summed E-state index contributed by atoms with van der Waals surface area (Å²) in [5, 5.41) is 2.86. The first-order chi connectivity index (χ1) is 10.1. The van der Waals surface area contributed by atoms with Crippen molar-refractivity contribution in [3.63, 3.8) is 0 Å². The van der Waals surface area contributed by atoms with Crippen molar-refractivity contribution in [2.45, 2.75) is 36.3 Å². The van der Waals surface area contributed by atoms with E-state index in [0.717, 1.165) is 25.7 Å². The van der Waals surface area contributed by atoms with Gasteiger partial charge < -0.3 is 11.1 Å². The Labute approximate surface area is 127 Å². The van der Waals surface area contributed by atoms with E-state index in [9.17, 15) is 13.6 Å². The average molecular weight is 314 g/mol. The SMILES string of the molecule is NCC1CCC(C(=O)Nc2ccc(SC(F)F)cc2)CC1. The second-order valence-corrected chi connectivity index (χ2v) is 6.41. The standard InChI is InChI=1S/C15H20F2N2OS/c16-15(17)21-13-7-5-12(6-8-13)19-14(20)11-3-1-10(9-18)2-4-11/h5-8,10-11,15H,1-4,9,18H2,(H,19,20). The van der Waals surface area contributed by atoms with Crippen LogP contribution in [0.25, 0.3) is 0 Å². The second-order valence-electron chi connectivity index (χ2n) is 5.35. The van der Waals surface area contributed by atoms with Crippen LogP contribution in [-0.4, -0.2) is 18.2 Å². The number of carbonyl (C=O) groups excluding carboxylic acids is 1. The van der Waals surface area contributed by atoms with E-state index in [-0.39, 0.29) is 11.8 Å². The monoisotopic (exact) mass is 314 g/mol. The summed E-state index contributed by atoms with van der Waals surface area (Å²) in [7, 11) is 0. The van der Waals surface area contributed by atoms with Crippen molar-refractivity contribution in [2.75, 3.05) is 11.9 Å². The van der Waals surface area contributed by atoms with Crippen molar-refractivity contribution in [3.8, 4) is 0 Å². The lowest BCUT2D eigenvalue weighted by Crippen LogP contribution is -2.29. The lowest BCUT2D eigenvalue weighted by atomic mass is 9.81. The van der Waals surface area contributed by atoms with Crippen molar-refractivity contribution in [1.82, 2.24) is 0 Å². The van der Waals surface area contributed by atoms with Gasteiger partial charge in [-0.15, -0.1) is 0 Å². The molecular weight excluding hydrogens is 294 g/mol. The fourth-order valence-electron chi connectivity index (χ4n) is 2.62. The first-order valence-electron chi connectivity index (χ1n) is 7.14. The third-order valence-corrected chi connectivity index (χ3v) is 4.62. The van der Waals surface area contributed by atoms with E-state index in [2.05, 4.69) is 5.32 Å². The maximum Gasteiger partial charge on any atom is 0.288 e. The Balaban J connectivity index is 1.85. The molecule has 1 aliphatic rings. The van der Waals surface area contributed by atoms with Crippen LogP contribution in [0.2, 0.25) is 0 Å². The number of alkyl halides is 2. The first kappa shape index (κ1) is 16.2. The van der Waals surface area contributed by atoms with Gasteiger partial charge in [0.05, 0.1) is 0 Å². The van der Waals surface area contributed by atoms with E-state index in [1.165, 1.54) is 0 Å². The summed E-state index contributed by atoms with van der Waals surface area (Å²) in [6.07, 6.45) is 3.73. The minimum absolute atomic E-state index is 0.0136. The van der Waals surface area contributed by atoms with Gasteiger partial charge in [-0.1, -0.05) is 11.8 Å². The van der Waals surface area contributed by atoms with Crippen molar-refractivity contribution in [2.24, 2.45) is 17.6 Å². The fourth-order valence-corrected chi connectivity index (χ4v) is 3.12. The molecule has 1 amide bonds. The first-order valence-corrected chi connectivity index (χ1v) is 8.02. The van der Waals surface area contributed by atoms with Gasteiger partial charge >= 0.3 is 0 Å². The number of carbonyl (C=O) groups is 1. The van der Waals surface area contributed by atoms with E-state index < -0.39 is 5.76 Å². The molecule has 1 aromatic rings. The molecule has 0 spiro atoms. The molecule has 0 aromatic heterocycles. The molecule has 3 N–H and O–H groups in total. The van der Waals surface area contributed by atoms with Crippen molar-refractivity contribution in [3.05, 3.63) is 24.3 Å². The van der Waals surface area contributed by atoms with E-state index in [4.69, 9.17) is 5.73 Å². The van der Waals surface area contributed by atoms with Crippen LogP contribution in [-0.2, 0) is 4.79 Å². The zero-order valence-electron chi connectivity index (χ0n) is 11.7. The number of halogens is 2. The van der Waals surface area contributed by atoms with Crippen LogP contribution in [0.15, 0.2) is 29.2 Å². The number of benzene rings is 1. The minimum Gasteiger partial charge on any atom is -0.330 e. The van der Waals surface area contributed by atoms with Crippen LogP contribution in [0.1, 0.15) is 25.7 Å². The zero-order chi connectivity index (χ0) is 15.2. The predicted molar refractivity (Wildman–Crippen MR) is 81.4 cm³/mol. The number of nitrogens with one attached hydrogen (secondary N) is 1. The number of rotatable bonds is 5. The van der Waals surface area contributed by atoms with Crippen LogP contribution in [0.3, 0.4) is 0 Å². The summed E-state index contributed by atoms with van der Waals surface area (Å²) in [4.78, 5) is 12.6. The van der Waals surface area contributed by atoms with Crippen LogP contribution in [0.4, 0.5) is 14.5 Å². The number of nitrogens with two attached hydrogens (primary N) is 1. The Morgan fingerprint density at radius 3 is 2.38 bits per heavy atom. The van der Waals surface area contributed by atoms with E-state index in [1.54, 1.807) is 24.3 Å². The summed E-state index contributed by atoms with van der Waals surface area (Å²) in [5.41, 5.74) is 6.29. The van der Waals surface area contributed by atoms with E-state index in [1.807, 2.05) is 0 Å². The predicted octanol–water partition coefficient (Wildman–Crippen LogP) is 3.70. The summed E-state index contributed by atoms with van der Waals surface area (Å²) in [5.74, 6) is -1.84.